The third kappa shape index (κ3) is 3.74. The van der Waals surface area contributed by atoms with Gasteiger partial charge in [0.1, 0.15) is 0 Å². The number of nitrogens with one attached hydrogen (secondary N) is 1. The summed E-state index contributed by atoms with van der Waals surface area (Å²) in [5.74, 6) is -2.65. The van der Waals surface area contributed by atoms with Crippen LogP contribution in [0.3, 0.4) is 0 Å². The predicted molar refractivity (Wildman–Crippen MR) is 109 cm³/mol. The molecule has 0 aromatic heterocycles. The number of aryl methyl sites for hydroxylation is 2. The lowest BCUT2D eigenvalue weighted by molar-refractivity contribution is -0.00190. The molecule has 0 unspecified atom stereocenters. The summed E-state index contributed by atoms with van der Waals surface area (Å²) in [6.45, 7) is 3.04. The largest absolute Gasteiger partial charge is 0.310 e. The van der Waals surface area contributed by atoms with Crippen LogP contribution in [0.5, 0.6) is 0 Å². The van der Waals surface area contributed by atoms with E-state index in [1.54, 1.807) is 6.07 Å². The lowest BCUT2D eigenvalue weighted by atomic mass is 9.99. The van der Waals surface area contributed by atoms with E-state index in [0.29, 0.717) is 6.42 Å². The quantitative estimate of drug-likeness (QED) is 0.497. The molecule has 3 aromatic rings. The Bertz CT molecular complexity index is 949. The summed E-state index contributed by atoms with van der Waals surface area (Å²) in [5.41, 5.74) is 3.36. The minimum Gasteiger partial charge on any atom is -0.310 e. The fourth-order valence-corrected chi connectivity index (χ4v) is 4.11. The molecule has 1 atom stereocenters. The Morgan fingerprint density at radius 2 is 1.89 bits per heavy atom. The highest BCUT2D eigenvalue weighted by Gasteiger charge is 2.38. The molecule has 3 aromatic carbocycles. The van der Waals surface area contributed by atoms with Crippen LogP contribution in [0, 0.1) is 0 Å². The number of fused-ring (bicyclic) bond motifs is 2. The van der Waals surface area contributed by atoms with Crippen LogP contribution in [-0.2, 0) is 18.8 Å². The maximum absolute atomic E-state index is 13.9. The minimum absolute atomic E-state index is 0. The van der Waals surface area contributed by atoms with Crippen LogP contribution in [-0.4, -0.2) is 6.54 Å². The smallest absolute Gasteiger partial charge is 0.273 e. The molecule has 1 aliphatic rings. The van der Waals surface area contributed by atoms with E-state index >= 15 is 0 Å². The SMILES string of the molecule is C[C@@H](NCCCc1ccc2c(c1)C(F)(F)CC2)c1cccc2ccccc12.[HH]. The van der Waals surface area contributed by atoms with E-state index in [9.17, 15) is 8.78 Å². The van der Waals surface area contributed by atoms with Gasteiger partial charge in [-0.05, 0) is 66.3 Å². The van der Waals surface area contributed by atoms with Crippen LogP contribution in [0.2, 0.25) is 0 Å². The Kier molecular flexibility index (Phi) is 4.96. The maximum atomic E-state index is 13.9. The third-order valence-corrected chi connectivity index (χ3v) is 5.66. The van der Waals surface area contributed by atoms with Crippen molar-refractivity contribution in [3.63, 3.8) is 0 Å². The van der Waals surface area contributed by atoms with Gasteiger partial charge in [0.2, 0.25) is 0 Å². The normalized spacial score (nSPS) is 16.4. The van der Waals surface area contributed by atoms with Crippen molar-refractivity contribution in [1.82, 2.24) is 5.32 Å². The number of rotatable bonds is 6. The molecule has 1 nitrogen and oxygen atoms in total. The molecule has 0 radical (unpaired) electrons. The molecule has 0 spiro atoms. The Balaban J connectivity index is 0.00000225. The van der Waals surface area contributed by atoms with Crippen molar-refractivity contribution < 1.29 is 10.2 Å². The van der Waals surface area contributed by atoms with Gasteiger partial charge in [-0.15, -0.1) is 0 Å². The second kappa shape index (κ2) is 7.40. The van der Waals surface area contributed by atoms with E-state index in [2.05, 4.69) is 54.7 Å². The summed E-state index contributed by atoms with van der Waals surface area (Å²) in [6, 6.07) is 20.7. The van der Waals surface area contributed by atoms with Gasteiger partial charge in [0.25, 0.3) is 5.92 Å². The molecular formula is C24H27F2N. The standard InChI is InChI=1S/C24H25F2N.H2/c1-17(21-10-4-8-19-7-2-3-9-22(19)21)27-15-5-6-18-11-12-20-13-14-24(25,26)23(20)16-18;/h2-4,7-12,16-17,27H,5-6,13-15H2,1H3;1H/t17-;/m1./s1. The summed E-state index contributed by atoms with van der Waals surface area (Å²) in [5, 5.41) is 6.11. The molecule has 0 heterocycles. The van der Waals surface area contributed by atoms with Crippen molar-refractivity contribution in [2.24, 2.45) is 0 Å². The molecule has 3 heteroatoms. The van der Waals surface area contributed by atoms with E-state index in [4.69, 9.17) is 0 Å². The average Bonchev–Trinajstić information content (AvgIpc) is 2.99. The highest BCUT2D eigenvalue weighted by atomic mass is 19.3. The molecule has 1 aliphatic carbocycles. The lowest BCUT2D eigenvalue weighted by Gasteiger charge is -2.17. The average molecular weight is 367 g/mol. The molecular weight excluding hydrogens is 340 g/mol. The molecule has 4 rings (SSSR count). The van der Waals surface area contributed by atoms with Crippen molar-refractivity contribution in [2.45, 2.75) is 44.6 Å². The first-order valence-corrected chi connectivity index (χ1v) is 9.76. The monoisotopic (exact) mass is 367 g/mol. The molecule has 0 saturated heterocycles. The maximum Gasteiger partial charge on any atom is 0.273 e. The van der Waals surface area contributed by atoms with Gasteiger partial charge in [-0.3, -0.25) is 0 Å². The molecule has 0 amide bonds. The van der Waals surface area contributed by atoms with E-state index in [1.165, 1.54) is 16.3 Å². The summed E-state index contributed by atoms with van der Waals surface area (Å²) >= 11 is 0. The second-order valence-corrected chi connectivity index (χ2v) is 7.54. The van der Waals surface area contributed by atoms with Crippen LogP contribution in [0.15, 0.2) is 60.7 Å². The van der Waals surface area contributed by atoms with Crippen molar-refractivity contribution in [2.75, 3.05) is 6.54 Å². The van der Waals surface area contributed by atoms with Crippen LogP contribution >= 0.6 is 0 Å². The molecule has 142 valence electrons. The van der Waals surface area contributed by atoms with Gasteiger partial charge in [0.15, 0.2) is 0 Å². The summed E-state index contributed by atoms with van der Waals surface area (Å²) in [4.78, 5) is 0. The van der Waals surface area contributed by atoms with Crippen LogP contribution in [0.4, 0.5) is 8.78 Å². The first-order valence-electron chi connectivity index (χ1n) is 9.76. The Hall–Kier alpha value is -2.26. The number of alkyl halides is 2. The van der Waals surface area contributed by atoms with Gasteiger partial charge in [0.05, 0.1) is 0 Å². The van der Waals surface area contributed by atoms with E-state index < -0.39 is 5.92 Å². The van der Waals surface area contributed by atoms with Gasteiger partial charge < -0.3 is 5.32 Å². The van der Waals surface area contributed by atoms with E-state index in [1.807, 2.05) is 12.1 Å². The molecule has 0 saturated carbocycles. The number of hydrogen-bond donors (Lipinski definition) is 1. The fourth-order valence-electron chi connectivity index (χ4n) is 4.11. The van der Waals surface area contributed by atoms with Crippen molar-refractivity contribution in [1.29, 1.82) is 0 Å². The lowest BCUT2D eigenvalue weighted by Crippen LogP contribution is -2.20. The highest BCUT2D eigenvalue weighted by molar-refractivity contribution is 5.86. The molecule has 0 aliphatic heterocycles. The van der Waals surface area contributed by atoms with Gasteiger partial charge >= 0.3 is 0 Å². The summed E-state index contributed by atoms with van der Waals surface area (Å²) in [6.07, 6.45) is 2.20. The van der Waals surface area contributed by atoms with E-state index in [-0.39, 0.29) is 19.5 Å². The van der Waals surface area contributed by atoms with Crippen molar-refractivity contribution >= 4 is 10.8 Å². The molecule has 0 bridgehead atoms. The molecule has 27 heavy (non-hydrogen) atoms. The first-order chi connectivity index (χ1) is 13.0. The third-order valence-electron chi connectivity index (χ3n) is 5.66. The van der Waals surface area contributed by atoms with Crippen molar-refractivity contribution in [3.8, 4) is 0 Å². The van der Waals surface area contributed by atoms with Gasteiger partial charge in [0, 0.05) is 19.5 Å². The van der Waals surface area contributed by atoms with Crippen LogP contribution < -0.4 is 5.32 Å². The zero-order valence-corrected chi connectivity index (χ0v) is 15.6. The second-order valence-electron chi connectivity index (χ2n) is 7.54. The zero-order valence-electron chi connectivity index (χ0n) is 15.6. The zero-order chi connectivity index (χ0) is 18.9. The Morgan fingerprint density at radius 3 is 2.78 bits per heavy atom. The summed E-state index contributed by atoms with van der Waals surface area (Å²) < 4.78 is 27.8. The number of benzene rings is 3. The first kappa shape index (κ1) is 18.1. The number of halogens is 2. The van der Waals surface area contributed by atoms with E-state index in [0.717, 1.165) is 30.5 Å². The number of hydrogen-bond acceptors (Lipinski definition) is 1. The molecule has 0 fully saturated rings. The minimum atomic E-state index is -2.65. The van der Waals surface area contributed by atoms with Crippen LogP contribution in [0.1, 0.15) is 49.5 Å². The Morgan fingerprint density at radius 1 is 1.07 bits per heavy atom. The Labute approximate surface area is 160 Å². The highest BCUT2D eigenvalue weighted by Crippen LogP contribution is 2.41. The van der Waals surface area contributed by atoms with Gasteiger partial charge in [-0.25, -0.2) is 8.78 Å². The molecule has 1 N–H and O–H groups in total. The summed E-state index contributed by atoms with van der Waals surface area (Å²) in [7, 11) is 0. The predicted octanol–water partition coefficient (Wildman–Crippen LogP) is 6.41. The fraction of sp³-hybridized carbons (Fsp3) is 0.333. The topological polar surface area (TPSA) is 12.0 Å². The van der Waals surface area contributed by atoms with Gasteiger partial charge in [-0.1, -0.05) is 54.6 Å². The van der Waals surface area contributed by atoms with Crippen LogP contribution in [0.25, 0.3) is 10.8 Å². The van der Waals surface area contributed by atoms with Crippen molar-refractivity contribution in [3.05, 3.63) is 82.9 Å². The van der Waals surface area contributed by atoms with Gasteiger partial charge in [-0.2, -0.15) is 0 Å².